The second kappa shape index (κ2) is 15.4. The number of halogens is 1. The van der Waals surface area contributed by atoms with Gasteiger partial charge in [-0.3, -0.25) is 4.79 Å². The van der Waals surface area contributed by atoms with Gasteiger partial charge in [0.25, 0.3) is 0 Å². The number of nitrogens with zero attached hydrogens (tertiary/aromatic N) is 2. The molecule has 298 valence electrons. The lowest BCUT2D eigenvalue weighted by molar-refractivity contribution is 0.0598. The van der Waals surface area contributed by atoms with E-state index >= 15 is 0 Å². The number of nitrogens with one attached hydrogen (secondary N) is 2. The first-order chi connectivity index (χ1) is 28.8. The van der Waals surface area contributed by atoms with Crippen LogP contribution >= 0.6 is 11.6 Å². The standard InChI is InChI=1S/C44H29ClN4O11/c1-59-44(58)23-11-8-22(41(52)53)16-25(23)35-24-12-15-34(50)27(18-46-30-6-2-4-20-9-13-32(42(54)55)48-36(20)30)39(24)60-40-26(35)17-29(45)38(51)28(40)19-47-31-7-3-5-21-10-14-33(43(56)57)49-37(21)31/h2-17,46-47,50H,18-19H2,1H3,(H,52,53)(H,54,55)(H,56,57). The normalized spacial score (nSPS) is 11.2. The number of phenolic OH excluding ortho intramolecular Hbond substituents is 1. The molecular formula is C44H29ClN4O11. The van der Waals surface area contributed by atoms with Crippen molar-refractivity contribution in [1.82, 2.24) is 9.97 Å². The molecule has 16 heteroatoms. The highest BCUT2D eigenvalue weighted by Gasteiger charge is 2.29. The molecule has 2 aromatic heterocycles. The van der Waals surface area contributed by atoms with Gasteiger partial charge in [-0.2, -0.15) is 0 Å². The van der Waals surface area contributed by atoms with E-state index in [4.69, 9.17) is 20.8 Å². The van der Waals surface area contributed by atoms with Crippen molar-refractivity contribution in [2.24, 2.45) is 0 Å². The van der Waals surface area contributed by atoms with E-state index in [0.29, 0.717) is 33.2 Å². The van der Waals surface area contributed by atoms with Crippen LogP contribution in [0, 0.1) is 0 Å². The first-order valence-corrected chi connectivity index (χ1v) is 18.3. The second-order valence-electron chi connectivity index (χ2n) is 13.5. The van der Waals surface area contributed by atoms with Crippen molar-refractivity contribution in [2.45, 2.75) is 13.1 Å². The summed E-state index contributed by atoms with van der Waals surface area (Å²) in [5, 5.41) is 48.4. The average molecular weight is 825 g/mol. The molecule has 60 heavy (non-hydrogen) atoms. The number of carboxylic acids is 3. The van der Waals surface area contributed by atoms with Gasteiger partial charge in [0.15, 0.2) is 0 Å². The van der Waals surface area contributed by atoms with Crippen LogP contribution in [-0.2, 0) is 17.8 Å². The minimum absolute atomic E-state index is 0.0113. The van der Waals surface area contributed by atoms with Gasteiger partial charge in [0.2, 0.25) is 5.43 Å². The van der Waals surface area contributed by atoms with Gasteiger partial charge in [-0.15, -0.1) is 0 Å². The summed E-state index contributed by atoms with van der Waals surface area (Å²) in [6.45, 7) is -0.394. The molecule has 0 unspecified atom stereocenters. The van der Waals surface area contributed by atoms with Gasteiger partial charge in [0.05, 0.1) is 56.8 Å². The van der Waals surface area contributed by atoms with Crippen LogP contribution in [0.3, 0.4) is 0 Å². The number of aromatic nitrogens is 2. The second-order valence-corrected chi connectivity index (χ2v) is 13.9. The van der Waals surface area contributed by atoms with Gasteiger partial charge in [-0.1, -0.05) is 48.0 Å². The van der Waals surface area contributed by atoms with E-state index in [9.17, 15) is 44.4 Å². The number of pyridine rings is 2. The summed E-state index contributed by atoms with van der Waals surface area (Å²) in [5.41, 5.74) is 0.894. The fourth-order valence-corrected chi connectivity index (χ4v) is 7.35. The van der Waals surface area contributed by atoms with E-state index in [1.807, 2.05) is 0 Å². The van der Waals surface area contributed by atoms with Crippen LogP contribution < -0.4 is 16.1 Å². The zero-order valence-electron chi connectivity index (χ0n) is 31.1. The van der Waals surface area contributed by atoms with E-state index in [-0.39, 0.29) is 90.9 Å². The molecule has 1 aliphatic heterocycles. The Labute approximate surface area is 342 Å². The lowest BCUT2D eigenvalue weighted by Crippen LogP contribution is -2.17. The van der Waals surface area contributed by atoms with Crippen molar-refractivity contribution in [1.29, 1.82) is 0 Å². The maximum absolute atomic E-state index is 14.0. The van der Waals surface area contributed by atoms with Crippen molar-refractivity contribution >= 4 is 79.6 Å². The Hall–Kier alpha value is -8.04. The summed E-state index contributed by atoms with van der Waals surface area (Å²) in [6.07, 6.45) is 0. The number of methoxy groups -OCH3 is 1. The zero-order valence-corrected chi connectivity index (χ0v) is 31.8. The molecular weight excluding hydrogens is 796 g/mol. The molecule has 2 aliphatic rings. The Morgan fingerprint density at radius 3 is 1.88 bits per heavy atom. The van der Waals surface area contributed by atoms with Crippen molar-refractivity contribution in [3.8, 4) is 28.2 Å². The lowest BCUT2D eigenvalue weighted by Gasteiger charge is -2.22. The number of phenols is 1. The van der Waals surface area contributed by atoms with Crippen molar-refractivity contribution in [3.05, 3.63) is 146 Å². The molecule has 0 atom stereocenters. The number of rotatable bonds is 11. The molecule has 8 rings (SSSR count). The Morgan fingerprint density at radius 2 is 1.32 bits per heavy atom. The van der Waals surface area contributed by atoms with Crippen molar-refractivity contribution < 1.29 is 48.8 Å². The van der Waals surface area contributed by atoms with Gasteiger partial charge in [-0.05, 0) is 66.2 Å². The quantitative estimate of drug-likeness (QED) is 0.0533. The fraction of sp³-hybridized carbons (Fsp3) is 0.0682. The van der Waals surface area contributed by atoms with Crippen LogP contribution in [0.25, 0.3) is 55.2 Å². The van der Waals surface area contributed by atoms with Crippen LogP contribution in [0.5, 0.6) is 5.75 Å². The third-order valence-electron chi connectivity index (χ3n) is 9.99. The molecule has 0 fully saturated rings. The number of carbonyl (C=O) groups is 4. The van der Waals surface area contributed by atoms with Crippen LogP contribution in [0.15, 0.2) is 106 Å². The highest BCUT2D eigenvalue weighted by atomic mass is 35.5. The van der Waals surface area contributed by atoms with Gasteiger partial charge in [-0.25, -0.2) is 29.1 Å². The lowest BCUT2D eigenvalue weighted by atomic mass is 9.87. The van der Waals surface area contributed by atoms with Crippen LogP contribution in [0.1, 0.15) is 52.8 Å². The van der Waals surface area contributed by atoms with E-state index in [1.165, 1.54) is 55.6 Å². The summed E-state index contributed by atoms with van der Waals surface area (Å²) in [6, 6.07) is 24.3. The highest BCUT2D eigenvalue weighted by molar-refractivity contribution is 6.31. The van der Waals surface area contributed by atoms with E-state index in [2.05, 4.69) is 20.6 Å². The third-order valence-corrected chi connectivity index (χ3v) is 10.3. The van der Waals surface area contributed by atoms with Crippen LogP contribution in [0.2, 0.25) is 5.02 Å². The third kappa shape index (κ3) is 6.88. The maximum atomic E-state index is 14.0. The molecule has 0 spiro atoms. The predicted molar refractivity (Wildman–Crippen MR) is 222 cm³/mol. The largest absolute Gasteiger partial charge is 0.507 e. The molecule has 6 N–H and O–H groups in total. The Bertz CT molecular complexity index is 3160. The molecule has 3 heterocycles. The first kappa shape index (κ1) is 38.8. The summed E-state index contributed by atoms with van der Waals surface area (Å²) >= 11 is 6.66. The molecule has 0 radical (unpaired) electrons. The van der Waals surface area contributed by atoms with Crippen LogP contribution in [0.4, 0.5) is 11.4 Å². The predicted octanol–water partition coefficient (Wildman–Crippen LogP) is 8.13. The molecule has 6 aromatic rings. The van der Waals surface area contributed by atoms with Gasteiger partial charge in [0.1, 0.15) is 28.5 Å². The number of ether oxygens (including phenoxy) is 1. The minimum atomic E-state index is -1.29. The number of hydrogen-bond donors (Lipinski definition) is 6. The van der Waals surface area contributed by atoms with E-state index in [1.54, 1.807) is 48.5 Å². The molecule has 15 nitrogen and oxygen atoms in total. The minimum Gasteiger partial charge on any atom is -0.507 e. The maximum Gasteiger partial charge on any atom is 0.354 e. The zero-order chi connectivity index (χ0) is 42.4. The molecule has 0 saturated heterocycles. The Balaban J connectivity index is 1.37. The summed E-state index contributed by atoms with van der Waals surface area (Å²) < 4.78 is 11.7. The summed E-state index contributed by atoms with van der Waals surface area (Å²) in [5.74, 6) is -4.84. The molecule has 4 aromatic carbocycles. The van der Waals surface area contributed by atoms with Gasteiger partial charge < -0.3 is 40.2 Å². The number of carboxylic acid groups (broad SMARTS) is 3. The number of fused-ring (bicyclic) bond motifs is 4. The Kier molecular flexibility index (Phi) is 9.95. The molecule has 0 amide bonds. The SMILES string of the molecule is COC(=O)c1ccc(C(=O)O)cc1-c1c2cc(Cl)c(=O)c(CNc3cccc4ccc(C(=O)O)nc34)c-2oc2c(CNc3cccc4ccc(C(=O)O)nc34)c(O)ccc12. The average Bonchev–Trinajstić information content (AvgIpc) is 3.24. The number of aromatic hydroxyl groups is 1. The summed E-state index contributed by atoms with van der Waals surface area (Å²) in [4.78, 5) is 71.8. The number of esters is 1. The number of hydrogen-bond acceptors (Lipinski definition) is 12. The molecule has 1 aliphatic carbocycles. The topological polar surface area (TPSA) is 238 Å². The van der Waals surface area contributed by atoms with Gasteiger partial charge >= 0.3 is 23.9 Å². The van der Waals surface area contributed by atoms with Crippen LogP contribution in [-0.4, -0.2) is 61.4 Å². The number of aromatic carboxylic acids is 3. The highest BCUT2D eigenvalue weighted by Crippen LogP contribution is 2.46. The Morgan fingerprint density at radius 1 is 0.717 bits per heavy atom. The number of anilines is 2. The number of carbonyl (C=O) groups excluding carboxylic acids is 1. The van der Waals surface area contributed by atoms with Gasteiger partial charge in [0, 0.05) is 40.4 Å². The fourth-order valence-electron chi connectivity index (χ4n) is 7.13. The molecule has 0 saturated carbocycles. The summed E-state index contributed by atoms with van der Waals surface area (Å²) in [7, 11) is 1.17. The van der Waals surface area contributed by atoms with Crippen molar-refractivity contribution in [2.75, 3.05) is 17.7 Å². The van der Waals surface area contributed by atoms with E-state index < -0.39 is 29.3 Å². The van der Waals surface area contributed by atoms with Crippen molar-refractivity contribution in [3.63, 3.8) is 0 Å². The molecule has 0 bridgehead atoms. The first-order valence-electron chi connectivity index (χ1n) is 18.0. The monoisotopic (exact) mass is 824 g/mol. The smallest absolute Gasteiger partial charge is 0.354 e. The van der Waals surface area contributed by atoms with E-state index in [0.717, 1.165) is 0 Å². The number of para-hydroxylation sites is 2. The number of benzene rings is 5.